The van der Waals surface area contributed by atoms with E-state index >= 15 is 0 Å². The van der Waals surface area contributed by atoms with Crippen LogP contribution in [0.5, 0.6) is 0 Å². The monoisotopic (exact) mass is 636 g/mol. The van der Waals surface area contributed by atoms with Crippen molar-refractivity contribution < 1.29 is 25.6 Å². The molecule has 0 amide bonds. The van der Waals surface area contributed by atoms with Crippen molar-refractivity contribution in [2.45, 2.75) is 52.4 Å². The third kappa shape index (κ3) is 4.94. The topological polar surface area (TPSA) is 65.0 Å². The molecule has 0 aliphatic heterocycles. The summed E-state index contributed by atoms with van der Waals surface area (Å²) in [4.78, 5) is 14.0. The van der Waals surface area contributed by atoms with Crippen molar-refractivity contribution in [3.8, 4) is 23.2 Å². The summed E-state index contributed by atoms with van der Waals surface area (Å²) >= 11 is 4.51. The maximum absolute atomic E-state index is 5.72. The van der Waals surface area contributed by atoms with Crippen molar-refractivity contribution in [1.82, 2.24) is 15.0 Å². The molecule has 3 heterocycles. The van der Waals surface area contributed by atoms with E-state index in [4.69, 9.17) is 13.8 Å². The van der Waals surface area contributed by atoms with Gasteiger partial charge in [-0.1, -0.05) is 41.5 Å². The number of halogens is 2. The Morgan fingerprint density at radius 2 is 1.07 bits per heavy atom. The molecule has 0 saturated heterocycles. The molecule has 5 nitrogen and oxygen atoms in total. The zero-order chi connectivity index (χ0) is 19.3. The molecule has 0 atom stereocenters. The summed E-state index contributed by atoms with van der Waals surface area (Å²) in [5, 5.41) is 0. The average Bonchev–Trinajstić information content (AvgIpc) is 3.15. The first-order chi connectivity index (χ1) is 12.0. The van der Waals surface area contributed by atoms with Gasteiger partial charge in [0, 0.05) is 34.7 Å². The van der Waals surface area contributed by atoms with Crippen LogP contribution in [0.15, 0.2) is 27.4 Å². The van der Waals surface area contributed by atoms with Gasteiger partial charge in [0.2, 0.25) is 11.8 Å². The third-order valence-corrected chi connectivity index (χ3v) is 5.52. The summed E-state index contributed by atoms with van der Waals surface area (Å²) in [7, 11) is 0. The fourth-order valence-corrected chi connectivity index (χ4v) is 4.14. The van der Waals surface area contributed by atoms with E-state index in [9.17, 15) is 0 Å². The minimum absolute atomic E-state index is 0. The van der Waals surface area contributed by atoms with E-state index in [2.05, 4.69) is 96.7 Å². The largest absolute Gasteiger partial charge is 0.443 e. The van der Waals surface area contributed by atoms with Gasteiger partial charge in [-0.3, -0.25) is 0 Å². The smallest absolute Gasteiger partial charge is 0.246 e. The van der Waals surface area contributed by atoms with Crippen LogP contribution < -0.4 is 0 Å². The fourth-order valence-electron chi connectivity index (χ4n) is 2.22. The number of aromatic nitrogens is 3. The van der Waals surface area contributed by atoms with Crippen LogP contribution in [-0.4, -0.2) is 15.0 Å². The summed E-state index contributed by atoms with van der Waals surface area (Å²) in [5.74, 6) is 1.03. The third-order valence-electron chi connectivity index (χ3n) is 3.88. The van der Waals surface area contributed by atoms with Crippen molar-refractivity contribution in [3.05, 3.63) is 37.1 Å². The van der Waals surface area contributed by atoms with Crippen molar-refractivity contribution in [3.63, 3.8) is 0 Å². The van der Waals surface area contributed by atoms with Crippen LogP contribution in [0.1, 0.15) is 52.9 Å². The SMILES string of the molecule is CC(C)(C)c1coc(-c2nc(-c3nc(C(C)(C)C)co3)c(I)cc2I)n1.[Co]. The summed E-state index contributed by atoms with van der Waals surface area (Å²) < 4.78 is 13.4. The van der Waals surface area contributed by atoms with E-state index in [1.807, 2.05) is 6.07 Å². The minimum atomic E-state index is -0.0800. The van der Waals surface area contributed by atoms with Gasteiger partial charge in [-0.15, -0.1) is 0 Å². The summed E-state index contributed by atoms with van der Waals surface area (Å²) in [6.45, 7) is 12.6. The van der Waals surface area contributed by atoms with Crippen molar-refractivity contribution >= 4 is 45.2 Å². The van der Waals surface area contributed by atoms with E-state index in [-0.39, 0.29) is 27.6 Å². The Balaban J connectivity index is 0.00000261. The first-order valence-electron chi connectivity index (χ1n) is 8.25. The summed E-state index contributed by atoms with van der Waals surface area (Å²) in [6, 6.07) is 2.04. The van der Waals surface area contributed by atoms with Crippen molar-refractivity contribution in [2.75, 3.05) is 0 Å². The van der Waals surface area contributed by atoms with Gasteiger partial charge < -0.3 is 8.83 Å². The molecule has 0 aliphatic carbocycles. The maximum Gasteiger partial charge on any atom is 0.246 e. The van der Waals surface area contributed by atoms with Crippen LogP contribution in [0.3, 0.4) is 0 Å². The molecule has 1 radical (unpaired) electrons. The molecule has 0 unspecified atom stereocenters. The summed E-state index contributed by atoms with van der Waals surface area (Å²) in [6.07, 6.45) is 3.40. The Hall–Kier alpha value is -0.464. The molecule has 147 valence electrons. The van der Waals surface area contributed by atoms with Gasteiger partial charge in [0.25, 0.3) is 0 Å². The Morgan fingerprint density at radius 1 is 0.704 bits per heavy atom. The molecule has 0 spiro atoms. The van der Waals surface area contributed by atoms with Gasteiger partial charge in [-0.05, 0) is 51.2 Å². The van der Waals surface area contributed by atoms with Gasteiger partial charge in [-0.2, -0.15) is 0 Å². The van der Waals surface area contributed by atoms with Gasteiger partial charge in [-0.25, -0.2) is 15.0 Å². The second-order valence-corrected chi connectivity index (χ2v) is 10.5. The van der Waals surface area contributed by atoms with E-state index in [1.54, 1.807) is 12.5 Å². The molecule has 0 aromatic carbocycles. The van der Waals surface area contributed by atoms with Crippen LogP contribution in [-0.2, 0) is 27.6 Å². The number of hydrogen-bond acceptors (Lipinski definition) is 5. The molecule has 8 heteroatoms. The van der Waals surface area contributed by atoms with Crippen LogP contribution in [0, 0.1) is 7.14 Å². The molecule has 0 aliphatic rings. The zero-order valence-corrected chi connectivity index (χ0v) is 21.3. The second-order valence-electron chi connectivity index (χ2n) is 8.23. The number of nitrogens with zero attached hydrogens (tertiary/aromatic N) is 3. The van der Waals surface area contributed by atoms with E-state index in [0.29, 0.717) is 23.2 Å². The number of rotatable bonds is 2. The number of oxazole rings is 2. The van der Waals surface area contributed by atoms with Gasteiger partial charge in [0.15, 0.2) is 0 Å². The van der Waals surface area contributed by atoms with Gasteiger partial charge >= 0.3 is 0 Å². The fraction of sp³-hybridized carbons (Fsp3) is 0.421. The quantitative estimate of drug-likeness (QED) is 0.314. The van der Waals surface area contributed by atoms with E-state index in [0.717, 1.165) is 18.5 Å². The molecule has 27 heavy (non-hydrogen) atoms. The van der Waals surface area contributed by atoms with Gasteiger partial charge in [0.05, 0.1) is 11.4 Å². The molecular weight excluding hydrogens is 615 g/mol. The zero-order valence-electron chi connectivity index (χ0n) is 16.0. The molecule has 0 saturated carbocycles. The van der Waals surface area contributed by atoms with Crippen LogP contribution in [0.2, 0.25) is 0 Å². The molecule has 3 aromatic rings. The molecule has 0 fully saturated rings. The summed E-state index contributed by atoms with van der Waals surface area (Å²) in [5.41, 5.74) is 3.04. The standard InChI is InChI=1S/C19H21I2N3O2.Co/c1-18(2,3)12-8-25-16(22-12)14-10(20)7-11(21)15(24-14)17-23-13(9-26-17)19(4,5)6;/h7-9H,1-6H3;. The predicted molar refractivity (Wildman–Crippen MR) is 118 cm³/mol. The normalized spacial score (nSPS) is 12.1. The molecule has 0 N–H and O–H groups in total. The van der Waals surface area contributed by atoms with Crippen LogP contribution in [0.4, 0.5) is 0 Å². The molecule has 3 aromatic heterocycles. The van der Waals surface area contributed by atoms with Crippen LogP contribution in [0.25, 0.3) is 23.2 Å². The molecule has 3 rings (SSSR count). The predicted octanol–water partition coefficient (Wildman–Crippen LogP) is 6.19. The van der Waals surface area contributed by atoms with Crippen molar-refractivity contribution in [1.29, 1.82) is 0 Å². The van der Waals surface area contributed by atoms with E-state index in [1.165, 1.54) is 0 Å². The Morgan fingerprint density at radius 3 is 1.37 bits per heavy atom. The van der Waals surface area contributed by atoms with E-state index < -0.39 is 0 Å². The second kappa shape index (κ2) is 8.11. The molecule has 0 bridgehead atoms. The minimum Gasteiger partial charge on any atom is -0.443 e. The van der Waals surface area contributed by atoms with Crippen LogP contribution >= 0.6 is 45.2 Å². The number of hydrogen-bond donors (Lipinski definition) is 0. The average molecular weight is 636 g/mol. The maximum atomic E-state index is 5.72. The first kappa shape index (κ1) is 22.8. The Labute approximate surface area is 197 Å². The Bertz CT molecular complexity index is 879. The van der Waals surface area contributed by atoms with Crippen molar-refractivity contribution in [2.24, 2.45) is 0 Å². The Kier molecular flexibility index (Phi) is 6.86. The van der Waals surface area contributed by atoms with Gasteiger partial charge in [0.1, 0.15) is 23.9 Å². The molecular formula is C19H21CoI2N3O2. The number of pyridine rings is 1. The first-order valence-corrected chi connectivity index (χ1v) is 10.4.